The highest BCUT2D eigenvalue weighted by Gasteiger charge is 2.42. The number of piperidine rings is 1. The molecule has 0 saturated carbocycles. The number of carboxylic acid groups (broad SMARTS) is 1. The number of carbonyl (C=O) groups is 1. The van der Waals surface area contributed by atoms with Crippen LogP contribution >= 0.6 is 11.6 Å². The Morgan fingerprint density at radius 3 is 2.65 bits per heavy atom. The Morgan fingerprint density at radius 2 is 2.05 bits per heavy atom. The Balaban J connectivity index is 2.47. The van der Waals surface area contributed by atoms with Crippen molar-refractivity contribution < 1.29 is 18.3 Å². The van der Waals surface area contributed by atoms with E-state index in [1.807, 2.05) is 0 Å². The molecule has 110 valence electrons. The maximum Gasteiger partial charge on any atom is 0.322 e. The van der Waals surface area contributed by atoms with Crippen molar-refractivity contribution in [1.29, 1.82) is 0 Å². The van der Waals surface area contributed by atoms with Crippen molar-refractivity contribution in [3.8, 4) is 0 Å². The molecule has 2 rings (SSSR count). The van der Waals surface area contributed by atoms with Crippen molar-refractivity contribution in [3.63, 3.8) is 0 Å². The minimum atomic E-state index is -3.90. The molecule has 1 aromatic carbocycles. The molecule has 0 aliphatic carbocycles. The van der Waals surface area contributed by atoms with E-state index in [1.54, 1.807) is 19.1 Å². The molecule has 1 N–H and O–H groups in total. The molecule has 2 unspecified atom stereocenters. The van der Waals surface area contributed by atoms with Crippen molar-refractivity contribution in [2.45, 2.75) is 30.7 Å². The van der Waals surface area contributed by atoms with Crippen LogP contribution in [0, 0.1) is 5.92 Å². The van der Waals surface area contributed by atoms with E-state index in [9.17, 15) is 18.3 Å². The predicted octanol–water partition coefficient (Wildman–Crippen LogP) is 2.21. The van der Waals surface area contributed by atoms with E-state index in [0.29, 0.717) is 12.8 Å². The molecule has 20 heavy (non-hydrogen) atoms. The molecular weight excluding hydrogens is 302 g/mol. The molecule has 1 fully saturated rings. The van der Waals surface area contributed by atoms with Crippen LogP contribution in [-0.2, 0) is 14.8 Å². The molecule has 0 radical (unpaired) electrons. The van der Waals surface area contributed by atoms with Crippen LogP contribution in [0.4, 0.5) is 0 Å². The fraction of sp³-hybridized carbons (Fsp3) is 0.462. The first-order valence-electron chi connectivity index (χ1n) is 6.35. The number of rotatable bonds is 3. The quantitative estimate of drug-likeness (QED) is 0.927. The topological polar surface area (TPSA) is 74.7 Å². The highest BCUT2D eigenvalue weighted by Crippen LogP contribution is 2.31. The summed E-state index contributed by atoms with van der Waals surface area (Å²) >= 11 is 5.94. The number of nitrogens with zero attached hydrogens (tertiary/aromatic N) is 1. The van der Waals surface area contributed by atoms with E-state index in [2.05, 4.69) is 0 Å². The second-order valence-corrected chi connectivity index (χ2v) is 7.21. The van der Waals surface area contributed by atoms with Crippen LogP contribution in [0.5, 0.6) is 0 Å². The first-order valence-corrected chi connectivity index (χ1v) is 8.16. The molecule has 5 nitrogen and oxygen atoms in total. The zero-order valence-corrected chi connectivity index (χ0v) is 12.6. The molecule has 0 amide bonds. The van der Waals surface area contributed by atoms with Crippen LogP contribution in [0.1, 0.15) is 19.8 Å². The lowest BCUT2D eigenvalue weighted by atomic mass is 9.93. The van der Waals surface area contributed by atoms with E-state index >= 15 is 0 Å². The standard InChI is InChI=1S/C13H16ClNO4S/c1-9-5-4-8-15(12(9)13(16)17)20(18,19)11-7-3-2-6-10(11)14/h2-3,6-7,9,12H,4-5,8H2,1H3,(H,16,17). The van der Waals surface area contributed by atoms with Gasteiger partial charge in [-0.25, -0.2) is 8.42 Å². The lowest BCUT2D eigenvalue weighted by molar-refractivity contribution is -0.144. The van der Waals surface area contributed by atoms with Gasteiger partial charge < -0.3 is 5.11 Å². The van der Waals surface area contributed by atoms with Crippen molar-refractivity contribution in [1.82, 2.24) is 4.31 Å². The molecule has 0 spiro atoms. The highest BCUT2D eigenvalue weighted by atomic mass is 35.5. The second kappa shape index (κ2) is 5.71. The monoisotopic (exact) mass is 317 g/mol. The third-order valence-electron chi connectivity index (χ3n) is 3.56. The Hall–Kier alpha value is -1.11. The fourth-order valence-electron chi connectivity index (χ4n) is 2.57. The van der Waals surface area contributed by atoms with Crippen LogP contribution in [0.25, 0.3) is 0 Å². The molecule has 0 bridgehead atoms. The average Bonchev–Trinajstić information content (AvgIpc) is 2.38. The smallest absolute Gasteiger partial charge is 0.322 e. The summed E-state index contributed by atoms with van der Waals surface area (Å²) in [5.41, 5.74) is 0. The maximum atomic E-state index is 12.6. The number of benzene rings is 1. The third-order valence-corrected chi connectivity index (χ3v) is 5.94. The zero-order valence-electron chi connectivity index (χ0n) is 11.0. The molecule has 1 aromatic rings. The SMILES string of the molecule is CC1CCCN(S(=O)(=O)c2ccccc2Cl)C1C(=O)O. The Bertz CT molecular complexity index is 617. The summed E-state index contributed by atoms with van der Waals surface area (Å²) in [5, 5.41) is 9.43. The van der Waals surface area contributed by atoms with Gasteiger partial charge in [0.2, 0.25) is 10.0 Å². The Kier molecular flexibility index (Phi) is 4.36. The lowest BCUT2D eigenvalue weighted by Crippen LogP contribution is -2.51. The minimum Gasteiger partial charge on any atom is -0.480 e. The van der Waals surface area contributed by atoms with E-state index < -0.39 is 22.0 Å². The van der Waals surface area contributed by atoms with Gasteiger partial charge in [0.15, 0.2) is 0 Å². The van der Waals surface area contributed by atoms with Crippen LogP contribution < -0.4 is 0 Å². The molecule has 0 aromatic heterocycles. The van der Waals surface area contributed by atoms with Crippen molar-refractivity contribution in [2.24, 2.45) is 5.92 Å². The van der Waals surface area contributed by atoms with E-state index in [-0.39, 0.29) is 22.4 Å². The van der Waals surface area contributed by atoms with Crippen molar-refractivity contribution >= 4 is 27.6 Å². The van der Waals surface area contributed by atoms with Gasteiger partial charge in [-0.3, -0.25) is 4.79 Å². The predicted molar refractivity (Wildman–Crippen MR) is 75.2 cm³/mol. The summed E-state index contributed by atoms with van der Waals surface area (Å²) in [5.74, 6) is -1.34. The summed E-state index contributed by atoms with van der Waals surface area (Å²) < 4.78 is 26.4. The first-order chi connectivity index (χ1) is 9.35. The van der Waals surface area contributed by atoms with Crippen LogP contribution in [0.15, 0.2) is 29.2 Å². The van der Waals surface area contributed by atoms with Gasteiger partial charge in [-0.05, 0) is 30.9 Å². The van der Waals surface area contributed by atoms with Gasteiger partial charge in [0, 0.05) is 6.54 Å². The van der Waals surface area contributed by atoms with E-state index in [4.69, 9.17) is 11.6 Å². The van der Waals surface area contributed by atoms with Crippen LogP contribution in [0.3, 0.4) is 0 Å². The second-order valence-electron chi connectivity index (χ2n) is 4.95. The number of hydrogen-bond donors (Lipinski definition) is 1. The molecule has 1 aliphatic heterocycles. The number of halogens is 1. The van der Waals surface area contributed by atoms with Crippen molar-refractivity contribution in [2.75, 3.05) is 6.54 Å². The molecular formula is C13H16ClNO4S. The van der Waals surface area contributed by atoms with Crippen LogP contribution in [0.2, 0.25) is 5.02 Å². The number of aliphatic carboxylic acids is 1. The van der Waals surface area contributed by atoms with Gasteiger partial charge in [0.05, 0.1) is 5.02 Å². The first kappa shape index (κ1) is 15.3. The number of carboxylic acids is 1. The summed E-state index contributed by atoms with van der Waals surface area (Å²) in [4.78, 5) is 11.4. The Morgan fingerprint density at radius 1 is 1.40 bits per heavy atom. The minimum absolute atomic E-state index is 0.0398. The van der Waals surface area contributed by atoms with Gasteiger partial charge in [-0.2, -0.15) is 4.31 Å². The summed E-state index contributed by atoms with van der Waals surface area (Å²) in [6.45, 7) is 1.96. The molecule has 1 aliphatic rings. The maximum absolute atomic E-state index is 12.6. The third kappa shape index (κ3) is 2.68. The number of hydrogen-bond acceptors (Lipinski definition) is 3. The highest BCUT2D eigenvalue weighted by molar-refractivity contribution is 7.89. The normalized spacial score (nSPS) is 24.5. The summed E-state index contributed by atoms with van der Waals surface area (Å²) in [7, 11) is -3.90. The van der Waals surface area contributed by atoms with E-state index in [1.165, 1.54) is 12.1 Å². The van der Waals surface area contributed by atoms with Gasteiger partial charge >= 0.3 is 5.97 Å². The van der Waals surface area contributed by atoms with E-state index in [0.717, 1.165) is 4.31 Å². The van der Waals surface area contributed by atoms with Crippen LogP contribution in [-0.4, -0.2) is 36.4 Å². The van der Waals surface area contributed by atoms with Gasteiger partial charge in [-0.15, -0.1) is 0 Å². The summed E-state index contributed by atoms with van der Waals surface area (Å²) in [6, 6.07) is 5.05. The average molecular weight is 318 g/mol. The zero-order chi connectivity index (χ0) is 14.9. The molecule has 1 heterocycles. The van der Waals surface area contributed by atoms with Gasteiger partial charge in [0.25, 0.3) is 0 Å². The van der Waals surface area contributed by atoms with Gasteiger partial charge in [-0.1, -0.05) is 30.7 Å². The molecule has 1 saturated heterocycles. The fourth-order valence-corrected chi connectivity index (χ4v) is 4.78. The van der Waals surface area contributed by atoms with Crippen molar-refractivity contribution in [3.05, 3.63) is 29.3 Å². The Labute approximate surface area is 123 Å². The molecule has 7 heteroatoms. The lowest BCUT2D eigenvalue weighted by Gasteiger charge is -2.36. The summed E-state index contributed by atoms with van der Waals surface area (Å²) in [6.07, 6.45) is 1.35. The largest absolute Gasteiger partial charge is 0.480 e. The van der Waals surface area contributed by atoms with Gasteiger partial charge in [0.1, 0.15) is 10.9 Å². The number of sulfonamides is 1. The molecule has 2 atom stereocenters.